The summed E-state index contributed by atoms with van der Waals surface area (Å²) >= 11 is 0. The quantitative estimate of drug-likeness (QED) is 0.818. The molecule has 0 saturated carbocycles. The number of nitrogens with one attached hydrogen (secondary N) is 1. The maximum atomic E-state index is 11.1. The molecule has 4 nitrogen and oxygen atoms in total. The standard InChI is InChI=1S/C13H17NO3/c1-8-5-9(2)11(13(15)16)6-10(8)12-7-14-3-4-17-12/h5-6,12,14H,3-4,7H2,1-2H3,(H,15,16). The lowest BCUT2D eigenvalue weighted by Crippen LogP contribution is -2.33. The van der Waals surface area contributed by atoms with Gasteiger partial charge in [0.2, 0.25) is 0 Å². The van der Waals surface area contributed by atoms with Crippen molar-refractivity contribution in [1.82, 2.24) is 5.32 Å². The molecule has 0 aliphatic carbocycles. The van der Waals surface area contributed by atoms with Gasteiger partial charge in [-0.05, 0) is 36.6 Å². The van der Waals surface area contributed by atoms with E-state index in [-0.39, 0.29) is 6.10 Å². The minimum atomic E-state index is -0.882. The number of aryl methyl sites for hydroxylation is 2. The van der Waals surface area contributed by atoms with E-state index in [1.807, 2.05) is 19.9 Å². The van der Waals surface area contributed by atoms with Crippen LogP contribution >= 0.6 is 0 Å². The fourth-order valence-corrected chi connectivity index (χ4v) is 2.21. The zero-order chi connectivity index (χ0) is 12.4. The van der Waals surface area contributed by atoms with Crippen LogP contribution in [0, 0.1) is 13.8 Å². The average molecular weight is 235 g/mol. The Morgan fingerprint density at radius 2 is 2.18 bits per heavy atom. The molecule has 0 aromatic heterocycles. The van der Waals surface area contributed by atoms with Gasteiger partial charge in [-0.25, -0.2) is 4.79 Å². The molecule has 1 fully saturated rings. The third-order valence-electron chi connectivity index (χ3n) is 3.12. The number of benzene rings is 1. The monoisotopic (exact) mass is 235 g/mol. The van der Waals surface area contributed by atoms with Crippen LogP contribution in [-0.2, 0) is 4.74 Å². The SMILES string of the molecule is Cc1cc(C)c(C2CNCCO2)cc1C(=O)O. The summed E-state index contributed by atoms with van der Waals surface area (Å²) in [6, 6.07) is 3.65. The first-order valence-corrected chi connectivity index (χ1v) is 5.76. The smallest absolute Gasteiger partial charge is 0.335 e. The van der Waals surface area contributed by atoms with Crippen molar-refractivity contribution >= 4 is 5.97 Å². The Morgan fingerprint density at radius 3 is 2.76 bits per heavy atom. The maximum absolute atomic E-state index is 11.1. The van der Waals surface area contributed by atoms with Crippen LogP contribution in [0.1, 0.15) is 33.2 Å². The van der Waals surface area contributed by atoms with Crippen LogP contribution in [0.25, 0.3) is 0 Å². The van der Waals surface area contributed by atoms with E-state index in [1.54, 1.807) is 6.07 Å². The Hall–Kier alpha value is -1.39. The molecule has 1 aliphatic heterocycles. The normalized spacial score (nSPS) is 20.2. The van der Waals surface area contributed by atoms with Crippen molar-refractivity contribution < 1.29 is 14.6 Å². The summed E-state index contributed by atoms with van der Waals surface area (Å²) in [6.45, 7) is 6.07. The molecule has 0 spiro atoms. The summed E-state index contributed by atoms with van der Waals surface area (Å²) in [4.78, 5) is 11.1. The first-order valence-electron chi connectivity index (χ1n) is 5.76. The van der Waals surface area contributed by atoms with Crippen molar-refractivity contribution in [3.05, 3.63) is 34.4 Å². The van der Waals surface area contributed by atoms with Crippen molar-refractivity contribution in [2.45, 2.75) is 20.0 Å². The maximum Gasteiger partial charge on any atom is 0.335 e. The molecule has 1 aromatic carbocycles. The van der Waals surface area contributed by atoms with Crippen molar-refractivity contribution in [1.29, 1.82) is 0 Å². The van der Waals surface area contributed by atoms with Crippen molar-refractivity contribution in [2.24, 2.45) is 0 Å². The van der Waals surface area contributed by atoms with Gasteiger partial charge < -0.3 is 15.2 Å². The van der Waals surface area contributed by atoms with E-state index in [0.29, 0.717) is 12.2 Å². The molecule has 0 amide bonds. The molecule has 0 bridgehead atoms. The lowest BCUT2D eigenvalue weighted by molar-refractivity contribution is 0.0272. The zero-order valence-electron chi connectivity index (χ0n) is 10.1. The van der Waals surface area contributed by atoms with E-state index in [2.05, 4.69) is 5.32 Å². The van der Waals surface area contributed by atoms with Gasteiger partial charge in [0.1, 0.15) is 0 Å². The highest BCUT2D eigenvalue weighted by Gasteiger charge is 2.20. The van der Waals surface area contributed by atoms with Crippen LogP contribution in [-0.4, -0.2) is 30.8 Å². The zero-order valence-corrected chi connectivity index (χ0v) is 10.1. The lowest BCUT2D eigenvalue weighted by Gasteiger charge is -2.25. The molecule has 1 saturated heterocycles. The van der Waals surface area contributed by atoms with E-state index >= 15 is 0 Å². The predicted molar refractivity (Wildman–Crippen MR) is 64.4 cm³/mol. The van der Waals surface area contributed by atoms with Gasteiger partial charge in [0.25, 0.3) is 0 Å². The second kappa shape index (κ2) is 4.85. The third-order valence-corrected chi connectivity index (χ3v) is 3.12. The summed E-state index contributed by atoms with van der Waals surface area (Å²) in [6.07, 6.45) is -0.0394. The Labute approximate surface area is 101 Å². The number of morpholine rings is 1. The van der Waals surface area contributed by atoms with Crippen LogP contribution in [0.15, 0.2) is 12.1 Å². The van der Waals surface area contributed by atoms with Crippen LogP contribution in [0.2, 0.25) is 0 Å². The summed E-state index contributed by atoms with van der Waals surface area (Å²) in [5, 5.41) is 12.4. The highest BCUT2D eigenvalue weighted by molar-refractivity contribution is 5.89. The Kier molecular flexibility index (Phi) is 3.45. The number of carbonyl (C=O) groups is 1. The number of rotatable bonds is 2. The summed E-state index contributed by atoms with van der Waals surface area (Å²) in [5.41, 5.74) is 3.21. The summed E-state index contributed by atoms with van der Waals surface area (Å²) < 4.78 is 5.66. The molecule has 17 heavy (non-hydrogen) atoms. The van der Waals surface area contributed by atoms with Crippen molar-refractivity contribution in [3.8, 4) is 0 Å². The van der Waals surface area contributed by atoms with Crippen LogP contribution in [0.4, 0.5) is 0 Å². The van der Waals surface area contributed by atoms with Gasteiger partial charge in [-0.3, -0.25) is 0 Å². The largest absolute Gasteiger partial charge is 0.478 e. The van der Waals surface area contributed by atoms with Gasteiger partial charge in [-0.2, -0.15) is 0 Å². The van der Waals surface area contributed by atoms with Crippen LogP contribution < -0.4 is 5.32 Å². The fourth-order valence-electron chi connectivity index (χ4n) is 2.21. The predicted octanol–water partition coefficient (Wildman–Crippen LogP) is 1.66. The van der Waals surface area contributed by atoms with Gasteiger partial charge in [0.15, 0.2) is 0 Å². The van der Waals surface area contributed by atoms with E-state index < -0.39 is 5.97 Å². The molecule has 1 heterocycles. The molecule has 4 heteroatoms. The molecule has 1 atom stereocenters. The van der Waals surface area contributed by atoms with Crippen molar-refractivity contribution in [2.75, 3.05) is 19.7 Å². The molecule has 1 aliphatic rings. The molecular formula is C13H17NO3. The fraction of sp³-hybridized carbons (Fsp3) is 0.462. The van der Waals surface area contributed by atoms with Crippen LogP contribution in [0.3, 0.4) is 0 Å². The first-order chi connectivity index (χ1) is 8.09. The number of hydrogen-bond donors (Lipinski definition) is 2. The van der Waals surface area contributed by atoms with E-state index in [0.717, 1.165) is 29.8 Å². The van der Waals surface area contributed by atoms with E-state index in [9.17, 15) is 4.79 Å². The molecule has 1 aromatic rings. The topological polar surface area (TPSA) is 58.6 Å². The van der Waals surface area contributed by atoms with E-state index in [4.69, 9.17) is 9.84 Å². The molecule has 1 unspecified atom stereocenters. The highest BCUT2D eigenvalue weighted by Crippen LogP contribution is 2.25. The van der Waals surface area contributed by atoms with Crippen molar-refractivity contribution in [3.63, 3.8) is 0 Å². The number of carboxylic acid groups (broad SMARTS) is 1. The highest BCUT2D eigenvalue weighted by atomic mass is 16.5. The molecular weight excluding hydrogens is 218 g/mol. The van der Waals surface area contributed by atoms with E-state index in [1.165, 1.54) is 0 Å². The Bertz CT molecular complexity index is 437. The first kappa shape index (κ1) is 12.1. The number of carboxylic acids is 1. The third kappa shape index (κ3) is 2.48. The second-order valence-corrected chi connectivity index (χ2v) is 4.39. The van der Waals surface area contributed by atoms with Crippen LogP contribution in [0.5, 0.6) is 0 Å². The minimum Gasteiger partial charge on any atom is -0.478 e. The molecule has 92 valence electrons. The van der Waals surface area contributed by atoms with Gasteiger partial charge >= 0.3 is 5.97 Å². The number of ether oxygens (including phenoxy) is 1. The average Bonchev–Trinajstić information content (AvgIpc) is 2.29. The Morgan fingerprint density at radius 1 is 1.41 bits per heavy atom. The van der Waals surface area contributed by atoms with Gasteiger partial charge in [0, 0.05) is 13.1 Å². The number of hydrogen-bond acceptors (Lipinski definition) is 3. The number of aromatic carboxylic acids is 1. The van der Waals surface area contributed by atoms with Gasteiger partial charge in [-0.15, -0.1) is 0 Å². The summed E-state index contributed by atoms with van der Waals surface area (Å²) in [7, 11) is 0. The van der Waals surface area contributed by atoms with Gasteiger partial charge in [-0.1, -0.05) is 6.07 Å². The lowest BCUT2D eigenvalue weighted by atomic mass is 9.96. The van der Waals surface area contributed by atoms with Gasteiger partial charge in [0.05, 0.1) is 18.3 Å². The minimum absolute atomic E-state index is 0.0394. The Balaban J connectivity index is 2.38. The summed E-state index contributed by atoms with van der Waals surface area (Å²) in [5.74, 6) is -0.882. The molecule has 2 N–H and O–H groups in total. The molecule has 2 rings (SSSR count). The molecule has 0 radical (unpaired) electrons. The second-order valence-electron chi connectivity index (χ2n) is 4.39.